The van der Waals surface area contributed by atoms with Crippen LogP contribution in [-0.4, -0.2) is 16.0 Å². The number of thiophene rings is 1. The quantitative estimate of drug-likeness (QED) is 0.800. The minimum absolute atomic E-state index is 0.206. The second kappa shape index (κ2) is 5.66. The molecule has 5 nitrogen and oxygen atoms in total. The molecule has 0 aliphatic rings. The van der Waals surface area contributed by atoms with Crippen LogP contribution in [-0.2, 0) is 6.54 Å². The van der Waals surface area contributed by atoms with Gasteiger partial charge in [-0.2, -0.15) is 11.3 Å². The van der Waals surface area contributed by atoms with E-state index in [0.717, 1.165) is 16.8 Å². The molecule has 0 bridgehead atoms. The van der Waals surface area contributed by atoms with Gasteiger partial charge in [0.05, 0.1) is 11.9 Å². The van der Waals surface area contributed by atoms with Crippen molar-refractivity contribution < 1.29 is 9.32 Å². The normalized spacial score (nSPS) is 10.4. The largest absolute Gasteiger partial charge is 0.351 e. The molecule has 3 rings (SSSR count). The van der Waals surface area contributed by atoms with Crippen LogP contribution in [0, 0.1) is 0 Å². The molecule has 3 aromatic heterocycles. The van der Waals surface area contributed by atoms with Crippen molar-refractivity contribution in [2.45, 2.75) is 6.54 Å². The fourth-order valence-corrected chi connectivity index (χ4v) is 2.40. The Morgan fingerprint density at radius 3 is 3.00 bits per heavy atom. The molecule has 0 fully saturated rings. The second-order valence-corrected chi connectivity index (χ2v) is 4.90. The standard InChI is InChI=1S/C14H11N3O2S/c18-14(13-2-5-17-19-13)16-8-10-1-4-15-12(7-10)11-3-6-20-9-11/h1-7,9H,8H2,(H,16,18). The minimum atomic E-state index is -0.281. The fraction of sp³-hybridized carbons (Fsp3) is 0.0714. The molecule has 1 N–H and O–H groups in total. The van der Waals surface area contributed by atoms with Gasteiger partial charge in [-0.05, 0) is 29.1 Å². The summed E-state index contributed by atoms with van der Waals surface area (Å²) in [6.07, 6.45) is 3.18. The van der Waals surface area contributed by atoms with Crippen LogP contribution in [0.15, 0.2) is 51.9 Å². The lowest BCUT2D eigenvalue weighted by molar-refractivity contribution is 0.0914. The van der Waals surface area contributed by atoms with Gasteiger partial charge in [-0.25, -0.2) is 0 Å². The molecule has 0 aliphatic carbocycles. The molecule has 0 unspecified atom stereocenters. The highest BCUT2D eigenvalue weighted by atomic mass is 32.1. The molecule has 0 saturated heterocycles. The molecule has 3 heterocycles. The summed E-state index contributed by atoms with van der Waals surface area (Å²) in [7, 11) is 0. The Kier molecular flexibility index (Phi) is 3.56. The summed E-state index contributed by atoms with van der Waals surface area (Å²) >= 11 is 1.63. The molecule has 0 radical (unpaired) electrons. The molecule has 0 aromatic carbocycles. The van der Waals surface area contributed by atoms with Gasteiger partial charge < -0.3 is 9.84 Å². The second-order valence-electron chi connectivity index (χ2n) is 4.12. The van der Waals surface area contributed by atoms with Gasteiger partial charge in [0.2, 0.25) is 5.76 Å². The minimum Gasteiger partial charge on any atom is -0.351 e. The van der Waals surface area contributed by atoms with E-state index in [2.05, 4.69) is 15.5 Å². The van der Waals surface area contributed by atoms with Crippen LogP contribution < -0.4 is 5.32 Å². The first-order chi connectivity index (χ1) is 9.83. The molecular formula is C14H11N3O2S. The van der Waals surface area contributed by atoms with E-state index in [4.69, 9.17) is 4.52 Å². The first-order valence-corrected chi connectivity index (χ1v) is 6.93. The molecular weight excluding hydrogens is 274 g/mol. The lowest BCUT2D eigenvalue weighted by atomic mass is 10.1. The third-order valence-corrected chi connectivity index (χ3v) is 3.44. The van der Waals surface area contributed by atoms with Gasteiger partial charge in [0.1, 0.15) is 0 Å². The van der Waals surface area contributed by atoms with Crippen LogP contribution in [0.2, 0.25) is 0 Å². The van der Waals surface area contributed by atoms with Gasteiger partial charge in [-0.1, -0.05) is 5.16 Å². The van der Waals surface area contributed by atoms with E-state index < -0.39 is 0 Å². The highest BCUT2D eigenvalue weighted by molar-refractivity contribution is 7.08. The van der Waals surface area contributed by atoms with Gasteiger partial charge in [0.15, 0.2) is 0 Å². The third kappa shape index (κ3) is 2.75. The number of pyridine rings is 1. The van der Waals surface area contributed by atoms with Crippen molar-refractivity contribution in [1.82, 2.24) is 15.5 Å². The van der Waals surface area contributed by atoms with Crippen molar-refractivity contribution in [3.05, 3.63) is 58.7 Å². The average molecular weight is 285 g/mol. The number of nitrogens with one attached hydrogen (secondary N) is 1. The summed E-state index contributed by atoms with van der Waals surface area (Å²) in [5, 5.41) is 10.3. The number of amides is 1. The number of nitrogens with zero attached hydrogens (tertiary/aromatic N) is 2. The molecule has 0 saturated carbocycles. The molecule has 0 aliphatic heterocycles. The Balaban J connectivity index is 1.69. The number of hydrogen-bond donors (Lipinski definition) is 1. The smallest absolute Gasteiger partial charge is 0.290 e. The summed E-state index contributed by atoms with van der Waals surface area (Å²) in [4.78, 5) is 16.1. The van der Waals surface area contributed by atoms with Crippen LogP contribution in [0.4, 0.5) is 0 Å². The highest BCUT2D eigenvalue weighted by Crippen LogP contribution is 2.20. The van der Waals surface area contributed by atoms with Crippen molar-refractivity contribution in [2.75, 3.05) is 0 Å². The summed E-state index contributed by atoms with van der Waals surface area (Å²) < 4.78 is 4.79. The maximum absolute atomic E-state index is 11.7. The number of carbonyl (C=O) groups excluding carboxylic acids is 1. The van der Waals surface area contributed by atoms with Crippen LogP contribution in [0.3, 0.4) is 0 Å². The average Bonchev–Trinajstić information content (AvgIpc) is 3.17. The Hall–Kier alpha value is -2.47. The first kappa shape index (κ1) is 12.6. The lowest BCUT2D eigenvalue weighted by Crippen LogP contribution is -2.22. The number of rotatable bonds is 4. The van der Waals surface area contributed by atoms with Crippen LogP contribution in [0.25, 0.3) is 11.3 Å². The maximum Gasteiger partial charge on any atom is 0.290 e. The monoisotopic (exact) mass is 285 g/mol. The first-order valence-electron chi connectivity index (χ1n) is 5.99. The molecule has 3 aromatic rings. The topological polar surface area (TPSA) is 68.0 Å². The van der Waals surface area contributed by atoms with Crippen molar-refractivity contribution in [2.24, 2.45) is 0 Å². The van der Waals surface area contributed by atoms with Crippen molar-refractivity contribution in [3.8, 4) is 11.3 Å². The Bertz CT molecular complexity index is 693. The predicted octanol–water partition coefficient (Wildman–Crippen LogP) is 2.73. The van der Waals surface area contributed by atoms with E-state index in [-0.39, 0.29) is 11.7 Å². The van der Waals surface area contributed by atoms with Crippen LogP contribution in [0.5, 0.6) is 0 Å². The van der Waals surface area contributed by atoms with Crippen LogP contribution >= 0.6 is 11.3 Å². The Morgan fingerprint density at radius 2 is 2.25 bits per heavy atom. The molecule has 1 amide bonds. The van der Waals surface area contributed by atoms with Crippen LogP contribution in [0.1, 0.15) is 16.1 Å². The van der Waals surface area contributed by atoms with E-state index in [1.54, 1.807) is 17.5 Å². The SMILES string of the molecule is O=C(NCc1ccnc(-c2ccsc2)c1)c1ccno1. The summed E-state index contributed by atoms with van der Waals surface area (Å²) in [5.74, 6) is -0.0755. The van der Waals surface area contributed by atoms with E-state index in [1.165, 1.54) is 12.3 Å². The number of aromatic nitrogens is 2. The molecule has 0 spiro atoms. The van der Waals surface area contributed by atoms with Gasteiger partial charge >= 0.3 is 0 Å². The summed E-state index contributed by atoms with van der Waals surface area (Å²) in [6.45, 7) is 0.416. The number of carbonyl (C=O) groups is 1. The fourth-order valence-electron chi connectivity index (χ4n) is 1.75. The molecule has 20 heavy (non-hydrogen) atoms. The van der Waals surface area contributed by atoms with E-state index in [1.807, 2.05) is 29.0 Å². The molecule has 6 heteroatoms. The van der Waals surface area contributed by atoms with Crippen molar-refractivity contribution in [3.63, 3.8) is 0 Å². The van der Waals surface area contributed by atoms with Gasteiger partial charge in [0, 0.05) is 29.8 Å². The number of hydrogen-bond acceptors (Lipinski definition) is 5. The zero-order chi connectivity index (χ0) is 13.8. The van der Waals surface area contributed by atoms with Gasteiger partial charge in [-0.3, -0.25) is 9.78 Å². The van der Waals surface area contributed by atoms with E-state index in [9.17, 15) is 4.79 Å². The van der Waals surface area contributed by atoms with Gasteiger partial charge in [0.25, 0.3) is 5.91 Å². The maximum atomic E-state index is 11.7. The van der Waals surface area contributed by atoms with Crippen molar-refractivity contribution in [1.29, 1.82) is 0 Å². The molecule has 100 valence electrons. The van der Waals surface area contributed by atoms with Crippen molar-refractivity contribution >= 4 is 17.2 Å². The Morgan fingerprint density at radius 1 is 1.30 bits per heavy atom. The van der Waals surface area contributed by atoms with E-state index in [0.29, 0.717) is 6.54 Å². The summed E-state index contributed by atoms with van der Waals surface area (Å²) in [6, 6.07) is 7.38. The highest BCUT2D eigenvalue weighted by Gasteiger charge is 2.09. The summed E-state index contributed by atoms with van der Waals surface area (Å²) in [5.41, 5.74) is 2.96. The zero-order valence-electron chi connectivity index (χ0n) is 10.4. The molecule has 0 atom stereocenters. The Labute approximate surface area is 119 Å². The van der Waals surface area contributed by atoms with E-state index >= 15 is 0 Å². The van der Waals surface area contributed by atoms with Gasteiger partial charge in [-0.15, -0.1) is 0 Å². The zero-order valence-corrected chi connectivity index (χ0v) is 11.3. The lowest BCUT2D eigenvalue weighted by Gasteiger charge is -2.04. The predicted molar refractivity (Wildman–Crippen MR) is 75.2 cm³/mol. The third-order valence-electron chi connectivity index (χ3n) is 2.76.